The molecule has 0 amide bonds. The number of sulfone groups is 1. The van der Waals surface area contributed by atoms with Crippen molar-refractivity contribution in [3.05, 3.63) is 53.0 Å². The Kier molecular flexibility index (Phi) is 4.50. The summed E-state index contributed by atoms with van der Waals surface area (Å²) in [6.45, 7) is 2.84. The van der Waals surface area contributed by atoms with E-state index in [0.717, 1.165) is 16.7 Å². The van der Waals surface area contributed by atoms with Crippen molar-refractivity contribution in [1.29, 1.82) is 0 Å². The van der Waals surface area contributed by atoms with Crippen molar-refractivity contribution in [1.82, 2.24) is 0 Å². The third kappa shape index (κ3) is 3.04. The van der Waals surface area contributed by atoms with Crippen LogP contribution in [0.15, 0.2) is 62.8 Å². The quantitative estimate of drug-likeness (QED) is 0.840. The van der Waals surface area contributed by atoms with Gasteiger partial charge in [0.2, 0.25) is 9.84 Å². The van der Waals surface area contributed by atoms with Crippen LogP contribution in [0.2, 0.25) is 0 Å². The van der Waals surface area contributed by atoms with Crippen LogP contribution in [0.5, 0.6) is 0 Å². The predicted octanol–water partition coefficient (Wildman–Crippen LogP) is 3.74. The molecule has 2 rings (SSSR count). The highest BCUT2D eigenvalue weighted by atomic mass is 79.9. The van der Waals surface area contributed by atoms with Crippen LogP contribution in [-0.4, -0.2) is 22.0 Å². The lowest BCUT2D eigenvalue weighted by Crippen LogP contribution is -2.16. The predicted molar refractivity (Wildman–Crippen MR) is 85.0 cm³/mol. The average Bonchev–Trinajstić information content (AvgIpc) is 2.47. The topological polar surface area (TPSA) is 37.4 Å². The fraction of sp³-hybridized carbons (Fsp3) is 0.200. The zero-order valence-corrected chi connectivity index (χ0v) is 13.8. The van der Waals surface area contributed by atoms with Crippen molar-refractivity contribution in [3.63, 3.8) is 0 Å². The largest absolute Gasteiger partial charge is 0.375 e. The Morgan fingerprint density at radius 1 is 1.05 bits per heavy atom. The van der Waals surface area contributed by atoms with Gasteiger partial charge in [0.25, 0.3) is 0 Å². The third-order valence-electron chi connectivity index (χ3n) is 3.17. The number of hydrogen-bond acceptors (Lipinski definition) is 3. The van der Waals surface area contributed by atoms with E-state index in [9.17, 15) is 8.42 Å². The summed E-state index contributed by atoms with van der Waals surface area (Å²) in [6.07, 6.45) is 0. The van der Waals surface area contributed by atoms with Crippen molar-refractivity contribution in [3.8, 4) is 0 Å². The molecule has 5 heteroatoms. The van der Waals surface area contributed by atoms with Gasteiger partial charge in [-0.05, 0) is 49.4 Å². The Balaban J connectivity index is 2.47. The van der Waals surface area contributed by atoms with Crippen molar-refractivity contribution < 1.29 is 8.42 Å². The second-order valence-electron chi connectivity index (χ2n) is 4.47. The van der Waals surface area contributed by atoms with Gasteiger partial charge in [0.1, 0.15) is 0 Å². The molecule has 0 unspecified atom stereocenters. The maximum absolute atomic E-state index is 12.6. The molecule has 0 aromatic heterocycles. The molecule has 0 saturated carbocycles. The van der Waals surface area contributed by atoms with E-state index in [1.54, 1.807) is 42.5 Å². The van der Waals surface area contributed by atoms with E-state index in [4.69, 9.17) is 0 Å². The van der Waals surface area contributed by atoms with Gasteiger partial charge in [0, 0.05) is 23.8 Å². The number of anilines is 1. The molecule has 20 heavy (non-hydrogen) atoms. The molecule has 0 spiro atoms. The highest BCUT2D eigenvalue weighted by Crippen LogP contribution is 2.25. The molecule has 0 aliphatic carbocycles. The van der Waals surface area contributed by atoms with E-state index >= 15 is 0 Å². The average molecular weight is 354 g/mol. The minimum atomic E-state index is -3.47. The zero-order chi connectivity index (χ0) is 14.8. The van der Waals surface area contributed by atoms with Crippen molar-refractivity contribution in [2.75, 3.05) is 18.5 Å². The first-order chi connectivity index (χ1) is 9.45. The molecule has 0 heterocycles. The van der Waals surface area contributed by atoms with Gasteiger partial charge in [-0.3, -0.25) is 0 Å². The van der Waals surface area contributed by atoms with Crippen LogP contribution in [0.4, 0.5) is 5.69 Å². The van der Waals surface area contributed by atoms with Crippen LogP contribution in [0.1, 0.15) is 6.92 Å². The molecule has 2 aromatic carbocycles. The monoisotopic (exact) mass is 353 g/mol. The summed E-state index contributed by atoms with van der Waals surface area (Å²) >= 11 is 3.31. The van der Waals surface area contributed by atoms with Gasteiger partial charge in [0.05, 0.1) is 9.79 Å². The Hall–Kier alpha value is -1.33. The Morgan fingerprint density at radius 2 is 1.70 bits per heavy atom. The second kappa shape index (κ2) is 5.97. The fourth-order valence-electron chi connectivity index (χ4n) is 1.82. The first-order valence-electron chi connectivity index (χ1n) is 6.27. The van der Waals surface area contributed by atoms with E-state index < -0.39 is 9.84 Å². The summed E-state index contributed by atoms with van der Waals surface area (Å²) < 4.78 is 26.0. The van der Waals surface area contributed by atoms with E-state index in [0.29, 0.717) is 9.79 Å². The number of halogens is 1. The highest BCUT2D eigenvalue weighted by Gasteiger charge is 2.18. The van der Waals surface area contributed by atoms with Gasteiger partial charge in [-0.15, -0.1) is 0 Å². The Morgan fingerprint density at radius 3 is 2.30 bits per heavy atom. The molecular formula is C15H16BrNO2S. The molecule has 0 N–H and O–H groups in total. The number of benzene rings is 2. The van der Waals surface area contributed by atoms with Gasteiger partial charge < -0.3 is 4.90 Å². The van der Waals surface area contributed by atoms with Crippen LogP contribution >= 0.6 is 15.9 Å². The molecule has 106 valence electrons. The zero-order valence-electron chi connectivity index (χ0n) is 11.4. The molecule has 0 aliphatic rings. The Bertz CT molecular complexity index is 696. The van der Waals surface area contributed by atoms with Crippen molar-refractivity contribution in [2.24, 2.45) is 0 Å². The maximum Gasteiger partial charge on any atom is 0.206 e. The molecule has 2 aromatic rings. The minimum Gasteiger partial charge on any atom is -0.375 e. The van der Waals surface area contributed by atoms with Gasteiger partial charge >= 0.3 is 0 Å². The van der Waals surface area contributed by atoms with Crippen LogP contribution < -0.4 is 4.90 Å². The highest BCUT2D eigenvalue weighted by molar-refractivity contribution is 9.10. The van der Waals surface area contributed by atoms with Gasteiger partial charge in [-0.2, -0.15) is 0 Å². The van der Waals surface area contributed by atoms with Crippen LogP contribution in [-0.2, 0) is 9.84 Å². The minimum absolute atomic E-state index is 0.303. The summed E-state index contributed by atoms with van der Waals surface area (Å²) in [5, 5.41) is 0. The standard InChI is InChI=1S/C15H16BrNO2S/c1-3-17(2)13-5-4-6-15(11-13)20(18,19)14-9-7-12(16)8-10-14/h4-11H,3H2,1-2H3. The number of nitrogens with zero attached hydrogens (tertiary/aromatic N) is 1. The normalized spacial score (nSPS) is 11.3. The lowest BCUT2D eigenvalue weighted by molar-refractivity contribution is 0.596. The molecule has 0 fully saturated rings. The fourth-order valence-corrected chi connectivity index (χ4v) is 3.39. The SMILES string of the molecule is CCN(C)c1cccc(S(=O)(=O)c2ccc(Br)cc2)c1. The number of rotatable bonds is 4. The summed E-state index contributed by atoms with van der Waals surface area (Å²) in [5.41, 5.74) is 0.894. The summed E-state index contributed by atoms with van der Waals surface area (Å²) in [6, 6.07) is 13.7. The molecule has 0 aliphatic heterocycles. The molecule has 0 bridgehead atoms. The summed E-state index contributed by atoms with van der Waals surface area (Å²) in [4.78, 5) is 2.62. The first-order valence-corrected chi connectivity index (χ1v) is 8.54. The van der Waals surface area contributed by atoms with E-state index in [1.165, 1.54) is 0 Å². The lowest BCUT2D eigenvalue weighted by Gasteiger charge is -2.17. The van der Waals surface area contributed by atoms with E-state index in [-0.39, 0.29) is 0 Å². The number of hydrogen-bond donors (Lipinski definition) is 0. The molecule has 0 saturated heterocycles. The first kappa shape index (κ1) is 15.1. The molecular weight excluding hydrogens is 338 g/mol. The smallest absolute Gasteiger partial charge is 0.206 e. The third-order valence-corrected chi connectivity index (χ3v) is 5.46. The molecule has 3 nitrogen and oxygen atoms in total. The van der Waals surface area contributed by atoms with E-state index in [2.05, 4.69) is 15.9 Å². The van der Waals surface area contributed by atoms with Gasteiger partial charge in [-0.25, -0.2) is 8.42 Å². The lowest BCUT2D eigenvalue weighted by atomic mass is 10.3. The van der Waals surface area contributed by atoms with Crippen LogP contribution in [0.25, 0.3) is 0 Å². The summed E-state index contributed by atoms with van der Waals surface area (Å²) in [5.74, 6) is 0. The van der Waals surface area contributed by atoms with Gasteiger partial charge in [0.15, 0.2) is 0 Å². The van der Waals surface area contributed by atoms with Gasteiger partial charge in [-0.1, -0.05) is 22.0 Å². The van der Waals surface area contributed by atoms with Crippen LogP contribution in [0, 0.1) is 0 Å². The van der Waals surface area contributed by atoms with Crippen LogP contribution in [0.3, 0.4) is 0 Å². The van der Waals surface area contributed by atoms with Crippen molar-refractivity contribution >= 4 is 31.5 Å². The second-order valence-corrected chi connectivity index (χ2v) is 7.33. The molecule has 0 atom stereocenters. The molecule has 0 radical (unpaired) electrons. The van der Waals surface area contributed by atoms with E-state index in [1.807, 2.05) is 24.9 Å². The maximum atomic E-state index is 12.6. The Labute approximate surface area is 128 Å². The van der Waals surface area contributed by atoms with Crippen molar-refractivity contribution in [2.45, 2.75) is 16.7 Å². The summed E-state index contributed by atoms with van der Waals surface area (Å²) in [7, 11) is -1.53.